The topological polar surface area (TPSA) is 75.7 Å². The molecule has 0 fully saturated rings. The summed E-state index contributed by atoms with van der Waals surface area (Å²) in [5, 5.41) is 2.88. The second kappa shape index (κ2) is 7.58. The van der Waals surface area contributed by atoms with Crippen LogP contribution in [0.1, 0.15) is 26.3 Å². The van der Waals surface area contributed by atoms with Gasteiger partial charge in [0.05, 0.1) is 16.1 Å². The zero-order valence-corrected chi connectivity index (χ0v) is 14.9. The van der Waals surface area contributed by atoms with Gasteiger partial charge >= 0.3 is 0 Å². The molecule has 3 amide bonds. The molecule has 0 aliphatic carbocycles. The lowest BCUT2D eigenvalue weighted by atomic mass is 10.1. The van der Waals surface area contributed by atoms with Crippen LogP contribution in [0, 0.1) is 6.92 Å². The van der Waals surface area contributed by atoms with Crippen molar-refractivity contribution in [2.45, 2.75) is 6.92 Å². The maximum Gasteiger partial charge on any atom is 0.263 e. The summed E-state index contributed by atoms with van der Waals surface area (Å²) in [4.78, 5) is 37.5. The largest absolute Gasteiger partial charge is 0.484 e. The number of nitrogens with zero attached hydrogens (tertiary/aromatic N) is 1. The first kappa shape index (κ1) is 17.9. The highest BCUT2D eigenvalue weighted by Gasteiger charge is 2.36. The molecule has 7 heteroatoms. The van der Waals surface area contributed by atoms with Crippen molar-refractivity contribution in [1.29, 1.82) is 0 Å². The number of hydrogen-bond donors (Lipinski definition) is 1. The van der Waals surface area contributed by atoms with Crippen molar-refractivity contribution >= 4 is 29.3 Å². The molecule has 1 N–H and O–H groups in total. The molecule has 2 aromatic carbocycles. The van der Waals surface area contributed by atoms with Gasteiger partial charge in [-0.15, -0.1) is 0 Å². The number of nitrogens with one attached hydrogen (secondary N) is 1. The maximum atomic E-state index is 12.3. The van der Waals surface area contributed by atoms with Crippen LogP contribution in [0.4, 0.5) is 0 Å². The van der Waals surface area contributed by atoms with Crippen molar-refractivity contribution in [3.63, 3.8) is 0 Å². The zero-order valence-electron chi connectivity index (χ0n) is 14.1. The fourth-order valence-electron chi connectivity index (χ4n) is 2.64. The van der Waals surface area contributed by atoms with Crippen molar-refractivity contribution in [2.24, 2.45) is 0 Å². The number of rotatable bonds is 6. The second-order valence-electron chi connectivity index (χ2n) is 5.88. The molecule has 0 spiro atoms. The van der Waals surface area contributed by atoms with E-state index in [0.29, 0.717) is 5.75 Å². The Morgan fingerprint density at radius 1 is 1.12 bits per heavy atom. The fraction of sp³-hybridized carbons (Fsp3) is 0.211. The highest BCUT2D eigenvalue weighted by Crippen LogP contribution is 2.28. The van der Waals surface area contributed by atoms with Gasteiger partial charge in [0.15, 0.2) is 6.61 Å². The second-order valence-corrected chi connectivity index (χ2v) is 6.28. The van der Waals surface area contributed by atoms with E-state index in [0.717, 1.165) is 10.5 Å². The fourth-order valence-corrected chi connectivity index (χ4v) is 2.89. The first-order valence-electron chi connectivity index (χ1n) is 8.08. The van der Waals surface area contributed by atoms with Crippen molar-refractivity contribution in [3.05, 3.63) is 64.2 Å². The predicted molar refractivity (Wildman–Crippen MR) is 96.5 cm³/mol. The molecular weight excluding hydrogens is 356 g/mol. The summed E-state index contributed by atoms with van der Waals surface area (Å²) in [6.45, 7) is 2.03. The minimum absolute atomic E-state index is 0.0684. The Kier molecular flexibility index (Phi) is 5.23. The third-order valence-electron chi connectivity index (χ3n) is 4.00. The van der Waals surface area contributed by atoms with Gasteiger partial charge < -0.3 is 10.1 Å². The lowest BCUT2D eigenvalue weighted by molar-refractivity contribution is -0.123. The summed E-state index contributed by atoms with van der Waals surface area (Å²) in [5.41, 5.74) is 1.60. The quantitative estimate of drug-likeness (QED) is 0.790. The molecule has 6 nitrogen and oxygen atoms in total. The van der Waals surface area contributed by atoms with Crippen LogP contribution in [0.5, 0.6) is 5.75 Å². The number of fused-ring (bicyclic) bond motifs is 1. The molecule has 0 saturated heterocycles. The van der Waals surface area contributed by atoms with E-state index in [1.165, 1.54) is 0 Å². The summed E-state index contributed by atoms with van der Waals surface area (Å²) < 4.78 is 5.38. The van der Waals surface area contributed by atoms with E-state index in [-0.39, 0.29) is 41.8 Å². The van der Waals surface area contributed by atoms with Gasteiger partial charge in [-0.1, -0.05) is 35.4 Å². The number of carbonyl (C=O) groups is 3. The summed E-state index contributed by atoms with van der Waals surface area (Å²) in [6.07, 6.45) is 0. The minimum atomic E-state index is -0.444. The van der Waals surface area contributed by atoms with E-state index in [4.69, 9.17) is 16.3 Å². The monoisotopic (exact) mass is 372 g/mol. The van der Waals surface area contributed by atoms with Crippen LogP contribution >= 0.6 is 11.6 Å². The predicted octanol–water partition coefficient (Wildman–Crippen LogP) is 2.44. The molecule has 0 bridgehead atoms. The van der Waals surface area contributed by atoms with Gasteiger partial charge in [0, 0.05) is 13.1 Å². The van der Waals surface area contributed by atoms with Gasteiger partial charge in [0.2, 0.25) is 0 Å². The molecule has 2 aromatic rings. The van der Waals surface area contributed by atoms with Crippen molar-refractivity contribution < 1.29 is 19.1 Å². The molecule has 1 aliphatic heterocycles. The van der Waals surface area contributed by atoms with Crippen molar-refractivity contribution in [3.8, 4) is 5.75 Å². The Balaban J connectivity index is 1.48. The Morgan fingerprint density at radius 2 is 1.85 bits per heavy atom. The third-order valence-corrected chi connectivity index (χ3v) is 4.31. The Morgan fingerprint density at radius 3 is 2.54 bits per heavy atom. The molecule has 0 saturated carbocycles. The van der Waals surface area contributed by atoms with Crippen LogP contribution < -0.4 is 10.1 Å². The smallest absolute Gasteiger partial charge is 0.263 e. The van der Waals surface area contributed by atoms with Crippen LogP contribution in [0.25, 0.3) is 0 Å². The highest BCUT2D eigenvalue weighted by atomic mass is 35.5. The van der Waals surface area contributed by atoms with Gasteiger partial charge in [-0.25, -0.2) is 0 Å². The lowest BCUT2D eigenvalue weighted by Gasteiger charge is -2.14. The van der Waals surface area contributed by atoms with Crippen LogP contribution in [0.3, 0.4) is 0 Å². The first-order valence-corrected chi connectivity index (χ1v) is 8.46. The standard InChI is InChI=1S/C19H17ClN2O4/c1-12-5-7-13(8-6-12)26-11-16(23)21-9-10-22-18(24)14-3-2-4-15(20)17(14)19(22)25/h2-8H,9-11H2,1H3,(H,21,23). The average Bonchev–Trinajstić information content (AvgIpc) is 2.87. The average molecular weight is 373 g/mol. The summed E-state index contributed by atoms with van der Waals surface area (Å²) in [6, 6.07) is 12.1. The Bertz CT molecular complexity index is 864. The van der Waals surface area contributed by atoms with E-state index in [2.05, 4.69) is 5.32 Å². The molecule has 0 aromatic heterocycles. The normalized spacial score (nSPS) is 12.9. The van der Waals surface area contributed by atoms with E-state index in [9.17, 15) is 14.4 Å². The summed E-state index contributed by atoms with van der Waals surface area (Å²) >= 11 is 6.00. The highest BCUT2D eigenvalue weighted by molar-refractivity contribution is 6.37. The zero-order chi connectivity index (χ0) is 18.7. The molecule has 0 radical (unpaired) electrons. The lowest BCUT2D eigenvalue weighted by Crippen LogP contribution is -2.39. The number of imide groups is 1. The van der Waals surface area contributed by atoms with Crippen molar-refractivity contribution in [1.82, 2.24) is 10.2 Å². The Labute approximate surface area is 155 Å². The number of aryl methyl sites for hydroxylation is 1. The van der Waals surface area contributed by atoms with Crippen LogP contribution in [0.2, 0.25) is 5.02 Å². The Hall–Kier alpha value is -2.86. The molecule has 0 unspecified atom stereocenters. The molecular formula is C19H17ClN2O4. The van der Waals surface area contributed by atoms with Crippen LogP contribution in [-0.4, -0.2) is 42.3 Å². The van der Waals surface area contributed by atoms with Crippen LogP contribution in [0.15, 0.2) is 42.5 Å². The van der Waals surface area contributed by atoms with Gasteiger partial charge in [-0.05, 0) is 31.2 Å². The molecule has 0 atom stereocenters. The molecule has 3 rings (SSSR count). The number of hydrogen-bond acceptors (Lipinski definition) is 4. The van der Waals surface area contributed by atoms with E-state index in [1.54, 1.807) is 30.3 Å². The number of benzene rings is 2. The molecule has 134 valence electrons. The minimum Gasteiger partial charge on any atom is -0.484 e. The number of amides is 3. The molecule has 1 heterocycles. The molecule has 26 heavy (non-hydrogen) atoms. The SMILES string of the molecule is Cc1ccc(OCC(=O)NCCN2C(=O)c3cccc(Cl)c3C2=O)cc1. The maximum absolute atomic E-state index is 12.3. The third kappa shape index (κ3) is 3.70. The molecule has 1 aliphatic rings. The van der Waals surface area contributed by atoms with Gasteiger partial charge in [0.1, 0.15) is 5.75 Å². The van der Waals surface area contributed by atoms with Gasteiger partial charge in [-0.3, -0.25) is 19.3 Å². The van der Waals surface area contributed by atoms with Crippen LogP contribution in [-0.2, 0) is 4.79 Å². The number of halogens is 1. The first-order chi connectivity index (χ1) is 12.5. The van der Waals surface area contributed by atoms with Crippen molar-refractivity contribution in [2.75, 3.05) is 19.7 Å². The number of carbonyl (C=O) groups excluding carboxylic acids is 3. The summed E-state index contributed by atoms with van der Waals surface area (Å²) in [7, 11) is 0. The van der Waals surface area contributed by atoms with Gasteiger partial charge in [0.25, 0.3) is 17.7 Å². The van der Waals surface area contributed by atoms with Gasteiger partial charge in [-0.2, -0.15) is 0 Å². The van der Waals surface area contributed by atoms with E-state index < -0.39 is 11.8 Å². The van der Waals surface area contributed by atoms with E-state index in [1.807, 2.05) is 19.1 Å². The number of ether oxygens (including phenoxy) is 1. The summed E-state index contributed by atoms with van der Waals surface area (Å²) in [5.74, 6) is -0.584. The van der Waals surface area contributed by atoms with E-state index >= 15 is 0 Å².